The SMILES string of the molecule is COc1ccc(CC(C)Nc2cccc(C)c2C#N)cc1. The number of hydrogen-bond acceptors (Lipinski definition) is 3. The minimum Gasteiger partial charge on any atom is -0.497 e. The first-order valence-corrected chi connectivity index (χ1v) is 7.03. The van der Waals surface area contributed by atoms with Gasteiger partial charge in [0, 0.05) is 6.04 Å². The Bertz CT molecular complexity index is 641. The van der Waals surface area contributed by atoms with E-state index in [1.165, 1.54) is 5.56 Å². The monoisotopic (exact) mass is 280 g/mol. The van der Waals surface area contributed by atoms with Crippen LogP contribution in [0.1, 0.15) is 23.6 Å². The van der Waals surface area contributed by atoms with Crippen molar-refractivity contribution >= 4 is 5.69 Å². The highest BCUT2D eigenvalue weighted by atomic mass is 16.5. The largest absolute Gasteiger partial charge is 0.497 e. The molecule has 0 spiro atoms. The quantitative estimate of drug-likeness (QED) is 0.903. The normalized spacial score (nSPS) is 11.5. The average Bonchev–Trinajstić information content (AvgIpc) is 2.48. The van der Waals surface area contributed by atoms with Gasteiger partial charge in [0.1, 0.15) is 11.8 Å². The van der Waals surface area contributed by atoms with Gasteiger partial charge in [0.25, 0.3) is 0 Å². The number of aryl methyl sites for hydroxylation is 1. The van der Waals surface area contributed by atoms with Gasteiger partial charge in [0.15, 0.2) is 0 Å². The maximum atomic E-state index is 9.26. The van der Waals surface area contributed by atoms with Crippen LogP contribution in [-0.2, 0) is 6.42 Å². The van der Waals surface area contributed by atoms with E-state index in [4.69, 9.17) is 4.74 Å². The topological polar surface area (TPSA) is 45.0 Å². The smallest absolute Gasteiger partial charge is 0.118 e. The summed E-state index contributed by atoms with van der Waals surface area (Å²) in [5, 5.41) is 12.7. The zero-order valence-corrected chi connectivity index (χ0v) is 12.7. The van der Waals surface area contributed by atoms with Gasteiger partial charge in [0.2, 0.25) is 0 Å². The molecule has 0 saturated heterocycles. The Labute approximate surface area is 126 Å². The fraction of sp³-hybridized carbons (Fsp3) is 0.278. The first-order valence-electron chi connectivity index (χ1n) is 7.03. The van der Waals surface area contributed by atoms with Crippen molar-refractivity contribution in [3.05, 3.63) is 59.2 Å². The Kier molecular flexibility index (Phi) is 4.84. The lowest BCUT2D eigenvalue weighted by molar-refractivity contribution is 0.414. The number of nitrogens with zero attached hydrogens (tertiary/aromatic N) is 1. The van der Waals surface area contributed by atoms with Gasteiger partial charge in [-0.1, -0.05) is 24.3 Å². The average molecular weight is 280 g/mol. The molecule has 0 amide bonds. The van der Waals surface area contributed by atoms with Crippen LogP contribution in [0.15, 0.2) is 42.5 Å². The number of benzene rings is 2. The molecular formula is C18H20N2O. The van der Waals surface area contributed by atoms with Crippen LogP contribution in [0.2, 0.25) is 0 Å². The van der Waals surface area contributed by atoms with Crippen molar-refractivity contribution in [2.75, 3.05) is 12.4 Å². The van der Waals surface area contributed by atoms with Crippen LogP contribution in [0.25, 0.3) is 0 Å². The number of nitriles is 1. The fourth-order valence-electron chi connectivity index (χ4n) is 2.37. The predicted octanol–water partition coefficient (Wildman–Crippen LogP) is 3.92. The molecule has 0 aromatic heterocycles. The minimum absolute atomic E-state index is 0.243. The van der Waals surface area contributed by atoms with Crippen molar-refractivity contribution < 1.29 is 4.74 Å². The van der Waals surface area contributed by atoms with E-state index in [2.05, 4.69) is 30.4 Å². The Morgan fingerprint density at radius 1 is 1.19 bits per heavy atom. The second kappa shape index (κ2) is 6.81. The zero-order valence-electron chi connectivity index (χ0n) is 12.7. The van der Waals surface area contributed by atoms with E-state index >= 15 is 0 Å². The lowest BCUT2D eigenvalue weighted by Gasteiger charge is -2.17. The highest BCUT2D eigenvalue weighted by Crippen LogP contribution is 2.20. The van der Waals surface area contributed by atoms with Gasteiger partial charge in [-0.25, -0.2) is 0 Å². The molecule has 3 heteroatoms. The van der Waals surface area contributed by atoms with Gasteiger partial charge in [-0.3, -0.25) is 0 Å². The van der Waals surface area contributed by atoms with Crippen LogP contribution in [0.5, 0.6) is 5.75 Å². The first kappa shape index (κ1) is 14.9. The lowest BCUT2D eigenvalue weighted by Crippen LogP contribution is -2.19. The number of hydrogen-bond donors (Lipinski definition) is 1. The molecule has 0 bridgehead atoms. The van der Waals surface area contributed by atoms with Crippen LogP contribution in [0.3, 0.4) is 0 Å². The van der Waals surface area contributed by atoms with Gasteiger partial charge in [-0.2, -0.15) is 5.26 Å². The molecular weight excluding hydrogens is 260 g/mol. The van der Waals surface area contributed by atoms with Crippen molar-refractivity contribution in [1.82, 2.24) is 0 Å². The highest BCUT2D eigenvalue weighted by Gasteiger charge is 2.09. The van der Waals surface area contributed by atoms with E-state index in [-0.39, 0.29) is 6.04 Å². The second-order valence-electron chi connectivity index (χ2n) is 5.21. The standard InChI is InChI=1S/C18H20N2O/c1-13-5-4-6-18(17(13)12-19)20-14(2)11-15-7-9-16(21-3)10-8-15/h4-10,14,20H,11H2,1-3H3. The molecule has 2 rings (SSSR count). The van der Waals surface area contributed by atoms with Crippen LogP contribution in [0.4, 0.5) is 5.69 Å². The molecule has 0 heterocycles. The summed E-state index contributed by atoms with van der Waals surface area (Å²) in [6.07, 6.45) is 0.892. The number of methoxy groups -OCH3 is 1. The molecule has 0 saturated carbocycles. The molecule has 21 heavy (non-hydrogen) atoms. The number of nitrogens with one attached hydrogen (secondary N) is 1. The second-order valence-corrected chi connectivity index (χ2v) is 5.21. The van der Waals surface area contributed by atoms with E-state index in [1.54, 1.807) is 7.11 Å². The highest BCUT2D eigenvalue weighted by molar-refractivity contribution is 5.61. The Hall–Kier alpha value is -2.47. The molecule has 0 aliphatic carbocycles. The maximum Gasteiger partial charge on any atom is 0.118 e. The molecule has 0 fully saturated rings. The summed E-state index contributed by atoms with van der Waals surface area (Å²) >= 11 is 0. The van der Waals surface area contributed by atoms with Crippen LogP contribution >= 0.6 is 0 Å². The summed E-state index contributed by atoms with van der Waals surface area (Å²) in [7, 11) is 1.67. The minimum atomic E-state index is 0.243. The molecule has 2 aromatic carbocycles. The van der Waals surface area contributed by atoms with Gasteiger partial charge in [0.05, 0.1) is 18.4 Å². The Morgan fingerprint density at radius 3 is 2.52 bits per heavy atom. The Balaban J connectivity index is 2.06. The van der Waals surface area contributed by atoms with Crippen LogP contribution in [0, 0.1) is 18.3 Å². The van der Waals surface area contributed by atoms with Crippen molar-refractivity contribution in [1.29, 1.82) is 5.26 Å². The number of anilines is 1. The molecule has 1 unspecified atom stereocenters. The first-order chi connectivity index (χ1) is 10.1. The zero-order chi connectivity index (χ0) is 15.2. The Morgan fingerprint density at radius 2 is 1.90 bits per heavy atom. The molecule has 2 aromatic rings. The summed E-state index contributed by atoms with van der Waals surface area (Å²) < 4.78 is 5.16. The van der Waals surface area contributed by atoms with E-state index in [0.29, 0.717) is 0 Å². The summed E-state index contributed by atoms with van der Waals surface area (Å²) in [5.41, 5.74) is 3.86. The lowest BCUT2D eigenvalue weighted by atomic mass is 10.0. The number of rotatable bonds is 5. The third kappa shape index (κ3) is 3.76. The van der Waals surface area contributed by atoms with E-state index in [0.717, 1.165) is 29.0 Å². The van der Waals surface area contributed by atoms with Gasteiger partial charge < -0.3 is 10.1 Å². The number of ether oxygens (including phenoxy) is 1. The van der Waals surface area contributed by atoms with Crippen molar-refractivity contribution in [2.45, 2.75) is 26.3 Å². The summed E-state index contributed by atoms with van der Waals surface area (Å²) in [6.45, 7) is 4.07. The molecule has 0 aliphatic heterocycles. The molecule has 108 valence electrons. The van der Waals surface area contributed by atoms with Gasteiger partial charge >= 0.3 is 0 Å². The summed E-state index contributed by atoms with van der Waals surface area (Å²) in [6, 6.07) is 16.5. The third-order valence-electron chi connectivity index (χ3n) is 3.49. The van der Waals surface area contributed by atoms with Gasteiger partial charge in [-0.15, -0.1) is 0 Å². The molecule has 1 N–H and O–H groups in total. The molecule has 0 radical (unpaired) electrons. The predicted molar refractivity (Wildman–Crippen MR) is 85.7 cm³/mol. The van der Waals surface area contributed by atoms with Gasteiger partial charge in [-0.05, 0) is 49.6 Å². The van der Waals surface area contributed by atoms with Crippen molar-refractivity contribution in [3.8, 4) is 11.8 Å². The molecule has 0 aliphatic rings. The van der Waals surface area contributed by atoms with Crippen LogP contribution < -0.4 is 10.1 Å². The summed E-state index contributed by atoms with van der Waals surface area (Å²) in [5.74, 6) is 0.866. The molecule has 3 nitrogen and oxygen atoms in total. The van der Waals surface area contributed by atoms with E-state index in [9.17, 15) is 5.26 Å². The van der Waals surface area contributed by atoms with E-state index < -0.39 is 0 Å². The van der Waals surface area contributed by atoms with Crippen molar-refractivity contribution in [2.24, 2.45) is 0 Å². The summed E-state index contributed by atoms with van der Waals surface area (Å²) in [4.78, 5) is 0. The maximum absolute atomic E-state index is 9.26. The van der Waals surface area contributed by atoms with Crippen LogP contribution in [-0.4, -0.2) is 13.2 Å². The molecule has 1 atom stereocenters. The van der Waals surface area contributed by atoms with Crippen molar-refractivity contribution in [3.63, 3.8) is 0 Å². The van der Waals surface area contributed by atoms with E-state index in [1.807, 2.05) is 37.3 Å². The third-order valence-corrected chi connectivity index (χ3v) is 3.49. The fourth-order valence-corrected chi connectivity index (χ4v) is 2.37.